The van der Waals surface area contributed by atoms with Crippen LogP contribution in [0.5, 0.6) is 0 Å². The molecule has 3 nitrogen and oxygen atoms in total. The smallest absolute Gasteiger partial charge is 0.263 e. The van der Waals surface area contributed by atoms with E-state index in [9.17, 15) is 4.79 Å². The zero-order valence-electron chi connectivity index (χ0n) is 15.5. The quantitative estimate of drug-likeness (QED) is 0.458. The third kappa shape index (κ3) is 2.60. The molecule has 0 spiro atoms. The summed E-state index contributed by atoms with van der Waals surface area (Å²) in [4.78, 5) is 19.7. The van der Waals surface area contributed by atoms with Gasteiger partial charge >= 0.3 is 0 Å². The van der Waals surface area contributed by atoms with E-state index in [1.54, 1.807) is 11.1 Å². The second-order valence-electron chi connectivity index (χ2n) is 6.98. The summed E-state index contributed by atoms with van der Waals surface area (Å²) in [5.41, 5.74) is 6.43. The third-order valence-corrected chi connectivity index (χ3v) is 5.11. The number of aromatic nitrogens is 1. The standard InChI is InChI=1S/C25H18N2O/c1-17-11-13-18(14-12-17)16-23-20-8-2-3-9-21(20)25(28)27(23)22-10-4-6-19-7-5-15-26-24(19)22/h2-16H,1H3/b23-16-. The highest BCUT2D eigenvalue weighted by molar-refractivity contribution is 6.26. The first-order valence-electron chi connectivity index (χ1n) is 9.28. The fourth-order valence-electron chi connectivity index (χ4n) is 3.71. The van der Waals surface area contributed by atoms with E-state index in [0.717, 1.165) is 33.4 Å². The van der Waals surface area contributed by atoms with Crippen molar-refractivity contribution in [2.75, 3.05) is 4.90 Å². The summed E-state index contributed by atoms with van der Waals surface area (Å²) in [6.45, 7) is 2.07. The van der Waals surface area contributed by atoms with Crippen LogP contribution in [0.1, 0.15) is 27.0 Å². The molecule has 1 aliphatic rings. The number of amides is 1. The number of nitrogens with zero attached hydrogens (tertiary/aromatic N) is 2. The molecule has 28 heavy (non-hydrogen) atoms. The van der Waals surface area contributed by atoms with E-state index in [4.69, 9.17) is 0 Å². The summed E-state index contributed by atoms with van der Waals surface area (Å²) < 4.78 is 0. The molecule has 0 radical (unpaired) electrons. The van der Waals surface area contributed by atoms with Crippen molar-refractivity contribution in [2.24, 2.45) is 0 Å². The second kappa shape index (κ2) is 6.46. The minimum atomic E-state index is -0.0212. The van der Waals surface area contributed by atoms with Gasteiger partial charge in [-0.2, -0.15) is 0 Å². The number of hydrogen-bond acceptors (Lipinski definition) is 2. The van der Waals surface area contributed by atoms with Crippen LogP contribution in [0.3, 0.4) is 0 Å². The molecule has 5 rings (SSSR count). The van der Waals surface area contributed by atoms with Gasteiger partial charge in [0.05, 0.1) is 16.9 Å². The predicted octanol–water partition coefficient (Wildman–Crippen LogP) is 5.70. The number of hydrogen-bond donors (Lipinski definition) is 0. The van der Waals surface area contributed by atoms with Gasteiger partial charge in [0.2, 0.25) is 0 Å². The number of para-hydroxylation sites is 1. The highest BCUT2D eigenvalue weighted by Gasteiger charge is 2.34. The zero-order chi connectivity index (χ0) is 19.1. The minimum absolute atomic E-state index is 0.0212. The Morgan fingerprint density at radius 1 is 0.821 bits per heavy atom. The largest absolute Gasteiger partial charge is 0.274 e. The van der Waals surface area contributed by atoms with Crippen molar-refractivity contribution in [3.05, 3.63) is 107 Å². The van der Waals surface area contributed by atoms with Gasteiger partial charge in [-0.3, -0.25) is 14.7 Å². The molecule has 0 unspecified atom stereocenters. The van der Waals surface area contributed by atoms with Crippen LogP contribution in [0, 0.1) is 6.92 Å². The fourth-order valence-corrected chi connectivity index (χ4v) is 3.71. The average molecular weight is 362 g/mol. The molecule has 1 amide bonds. The highest BCUT2D eigenvalue weighted by atomic mass is 16.2. The molecule has 0 fully saturated rings. The summed E-state index contributed by atoms with van der Waals surface area (Å²) in [5.74, 6) is -0.0212. The molecule has 1 aliphatic heterocycles. The molecule has 0 saturated heterocycles. The van der Waals surface area contributed by atoms with E-state index < -0.39 is 0 Å². The lowest BCUT2D eigenvalue weighted by molar-refractivity contribution is 0.101. The lowest BCUT2D eigenvalue weighted by atomic mass is 10.1. The van der Waals surface area contributed by atoms with Crippen LogP contribution in [0.4, 0.5) is 5.69 Å². The summed E-state index contributed by atoms with van der Waals surface area (Å²) in [7, 11) is 0. The Balaban J connectivity index is 1.75. The van der Waals surface area contributed by atoms with Gasteiger partial charge in [0.15, 0.2) is 0 Å². The average Bonchev–Trinajstić information content (AvgIpc) is 3.01. The molecule has 3 heteroatoms. The molecule has 134 valence electrons. The monoisotopic (exact) mass is 362 g/mol. The number of rotatable bonds is 2. The topological polar surface area (TPSA) is 33.2 Å². The number of carbonyl (C=O) groups excluding carboxylic acids is 1. The Morgan fingerprint density at radius 2 is 1.57 bits per heavy atom. The van der Waals surface area contributed by atoms with Gasteiger partial charge in [-0.1, -0.05) is 66.2 Å². The maximum atomic E-state index is 13.4. The van der Waals surface area contributed by atoms with Crippen LogP contribution < -0.4 is 4.90 Å². The Bertz CT molecular complexity index is 1230. The maximum absolute atomic E-state index is 13.4. The molecule has 0 atom stereocenters. The number of pyridine rings is 1. The number of aryl methyl sites for hydroxylation is 1. The van der Waals surface area contributed by atoms with Crippen molar-refractivity contribution in [3.8, 4) is 0 Å². The highest BCUT2D eigenvalue weighted by Crippen LogP contribution is 2.40. The van der Waals surface area contributed by atoms with E-state index >= 15 is 0 Å². The van der Waals surface area contributed by atoms with E-state index in [1.165, 1.54) is 5.56 Å². The Morgan fingerprint density at radius 3 is 2.39 bits per heavy atom. The van der Waals surface area contributed by atoms with E-state index in [1.807, 2.05) is 54.6 Å². The normalized spacial score (nSPS) is 14.7. The maximum Gasteiger partial charge on any atom is 0.263 e. The van der Waals surface area contributed by atoms with Gasteiger partial charge in [-0.05, 0) is 36.8 Å². The Labute approximate surface area is 163 Å². The molecule has 1 aromatic heterocycles. The first-order valence-corrected chi connectivity index (χ1v) is 9.28. The van der Waals surface area contributed by atoms with Crippen molar-refractivity contribution in [1.82, 2.24) is 4.98 Å². The molecule has 0 saturated carbocycles. The van der Waals surface area contributed by atoms with E-state index in [-0.39, 0.29) is 5.91 Å². The molecular formula is C25H18N2O. The molecule has 0 aliphatic carbocycles. The number of carbonyl (C=O) groups is 1. The van der Waals surface area contributed by atoms with E-state index in [2.05, 4.69) is 42.2 Å². The van der Waals surface area contributed by atoms with Crippen molar-refractivity contribution in [3.63, 3.8) is 0 Å². The number of fused-ring (bicyclic) bond motifs is 2. The van der Waals surface area contributed by atoms with Crippen LogP contribution >= 0.6 is 0 Å². The van der Waals surface area contributed by atoms with Crippen LogP contribution in [-0.2, 0) is 0 Å². The zero-order valence-corrected chi connectivity index (χ0v) is 15.5. The van der Waals surface area contributed by atoms with E-state index in [0.29, 0.717) is 5.56 Å². The van der Waals surface area contributed by atoms with Crippen molar-refractivity contribution in [2.45, 2.75) is 6.92 Å². The molecule has 0 bridgehead atoms. The summed E-state index contributed by atoms with van der Waals surface area (Å²) in [5, 5.41) is 1.01. The van der Waals surface area contributed by atoms with Crippen molar-refractivity contribution < 1.29 is 4.79 Å². The number of benzene rings is 3. The predicted molar refractivity (Wildman–Crippen MR) is 114 cm³/mol. The summed E-state index contributed by atoms with van der Waals surface area (Å²) in [6.07, 6.45) is 3.84. The fraction of sp³-hybridized carbons (Fsp3) is 0.0400. The Kier molecular flexibility index (Phi) is 3.80. The van der Waals surface area contributed by atoms with Gasteiger partial charge in [0.25, 0.3) is 5.91 Å². The van der Waals surface area contributed by atoms with Crippen molar-refractivity contribution in [1.29, 1.82) is 0 Å². The van der Waals surface area contributed by atoms with Gasteiger partial charge in [0.1, 0.15) is 0 Å². The molecule has 3 aromatic carbocycles. The van der Waals surface area contributed by atoms with Crippen molar-refractivity contribution >= 4 is 34.3 Å². The molecule has 4 aromatic rings. The molecule has 2 heterocycles. The van der Waals surface area contributed by atoms with Gasteiger partial charge < -0.3 is 0 Å². The minimum Gasteiger partial charge on any atom is -0.274 e. The SMILES string of the molecule is Cc1ccc(/C=C2/c3ccccc3C(=O)N2c2cccc3cccnc23)cc1. The summed E-state index contributed by atoms with van der Waals surface area (Å²) in [6, 6.07) is 26.0. The lowest BCUT2D eigenvalue weighted by Crippen LogP contribution is -2.22. The van der Waals surface area contributed by atoms with Crippen LogP contribution in [-0.4, -0.2) is 10.9 Å². The van der Waals surface area contributed by atoms with Gasteiger partial charge in [-0.25, -0.2) is 0 Å². The van der Waals surface area contributed by atoms with Crippen LogP contribution in [0.15, 0.2) is 85.1 Å². The van der Waals surface area contributed by atoms with Gasteiger partial charge in [-0.15, -0.1) is 0 Å². The van der Waals surface area contributed by atoms with Crippen LogP contribution in [0.2, 0.25) is 0 Å². The molecular weight excluding hydrogens is 344 g/mol. The summed E-state index contributed by atoms with van der Waals surface area (Å²) >= 11 is 0. The molecule has 0 N–H and O–H groups in total. The number of anilines is 1. The Hall–Kier alpha value is -3.72. The van der Waals surface area contributed by atoms with Crippen LogP contribution in [0.25, 0.3) is 22.7 Å². The lowest BCUT2D eigenvalue weighted by Gasteiger charge is -2.20. The first-order chi connectivity index (χ1) is 13.7. The third-order valence-electron chi connectivity index (χ3n) is 5.11. The second-order valence-corrected chi connectivity index (χ2v) is 6.98. The van der Waals surface area contributed by atoms with Gasteiger partial charge in [0, 0.05) is 22.7 Å². The first kappa shape index (κ1) is 16.5.